The molecule has 0 fully saturated rings. The number of halogens is 2. The maximum Gasteiger partial charge on any atom is 0.326 e. The summed E-state index contributed by atoms with van der Waals surface area (Å²) in [7, 11) is 0. The van der Waals surface area contributed by atoms with Gasteiger partial charge in [0.15, 0.2) is 0 Å². The molecule has 0 saturated carbocycles. The van der Waals surface area contributed by atoms with Gasteiger partial charge in [-0.05, 0) is 36.2 Å². The Kier molecular flexibility index (Phi) is 6.78. The molecular weight excluding hydrogens is 344 g/mol. The molecule has 0 aliphatic rings. The number of nitrogens with zero attached hydrogens (tertiary/aromatic N) is 1. The fourth-order valence-corrected chi connectivity index (χ4v) is 1.94. The Balaban J connectivity index is 1.93. The van der Waals surface area contributed by atoms with Crippen LogP contribution in [0.15, 0.2) is 47.6 Å². The normalized spacial score (nSPS) is 10.6. The second-order valence-electron chi connectivity index (χ2n) is 5.19. The van der Waals surface area contributed by atoms with Gasteiger partial charge >= 0.3 is 6.03 Å². The van der Waals surface area contributed by atoms with E-state index < -0.39 is 29.1 Å². The smallest absolute Gasteiger partial charge is 0.326 e. The number of rotatable bonds is 6. The van der Waals surface area contributed by atoms with E-state index in [9.17, 15) is 18.4 Å². The minimum atomic E-state index is -1.17. The minimum Gasteiger partial charge on any atom is -0.396 e. The van der Waals surface area contributed by atoms with E-state index in [2.05, 4.69) is 10.5 Å². The molecule has 6 nitrogen and oxygen atoms in total. The van der Waals surface area contributed by atoms with Crippen molar-refractivity contribution in [3.63, 3.8) is 0 Å². The van der Waals surface area contributed by atoms with Gasteiger partial charge in [0.1, 0.15) is 23.8 Å². The van der Waals surface area contributed by atoms with Crippen LogP contribution in [-0.4, -0.2) is 24.8 Å². The predicted octanol–water partition coefficient (Wildman–Crippen LogP) is 3.69. The number of anilines is 1. The van der Waals surface area contributed by atoms with Crippen molar-refractivity contribution in [3.05, 3.63) is 65.2 Å². The number of benzene rings is 2. The minimum absolute atomic E-state index is 0.385. The molecule has 0 saturated heterocycles. The van der Waals surface area contributed by atoms with Crippen molar-refractivity contribution in [1.82, 2.24) is 5.32 Å². The molecule has 0 unspecified atom stereocenters. The van der Waals surface area contributed by atoms with Gasteiger partial charge in [-0.3, -0.25) is 10.1 Å². The molecule has 0 aliphatic heterocycles. The first-order valence-corrected chi connectivity index (χ1v) is 7.83. The Hall–Kier alpha value is -3.29. The Morgan fingerprint density at radius 3 is 2.38 bits per heavy atom. The van der Waals surface area contributed by atoms with Gasteiger partial charge in [0, 0.05) is 5.69 Å². The molecule has 0 aliphatic carbocycles. The maximum atomic E-state index is 13.5. The Bertz CT molecular complexity index is 788. The summed E-state index contributed by atoms with van der Waals surface area (Å²) < 4.78 is 27.0. The lowest BCUT2D eigenvalue weighted by Crippen LogP contribution is -2.35. The highest BCUT2D eigenvalue weighted by molar-refractivity contribution is 6.08. The first-order valence-electron chi connectivity index (χ1n) is 7.83. The fraction of sp³-hybridized carbons (Fsp3) is 0.167. The van der Waals surface area contributed by atoms with Gasteiger partial charge in [0.25, 0.3) is 5.91 Å². The molecule has 0 heterocycles. The van der Waals surface area contributed by atoms with E-state index >= 15 is 0 Å². The molecule has 0 aromatic heterocycles. The van der Waals surface area contributed by atoms with E-state index in [1.54, 1.807) is 24.3 Å². The number of carbonyl (C=O) groups is 2. The molecule has 0 spiro atoms. The zero-order chi connectivity index (χ0) is 18.9. The van der Waals surface area contributed by atoms with Crippen LogP contribution in [0.3, 0.4) is 0 Å². The summed E-state index contributed by atoms with van der Waals surface area (Å²) in [5.41, 5.74) is 0.314. The number of hydrogen-bond acceptors (Lipinski definition) is 4. The van der Waals surface area contributed by atoms with Crippen molar-refractivity contribution in [2.75, 3.05) is 11.9 Å². The summed E-state index contributed by atoms with van der Waals surface area (Å²) in [5, 5.41) is 8.04. The molecule has 2 aromatic rings. The third-order valence-electron chi connectivity index (χ3n) is 3.16. The maximum absolute atomic E-state index is 13.5. The van der Waals surface area contributed by atoms with E-state index in [0.717, 1.165) is 30.2 Å². The van der Waals surface area contributed by atoms with Crippen molar-refractivity contribution < 1.29 is 23.2 Å². The van der Waals surface area contributed by atoms with Gasteiger partial charge in [0.2, 0.25) is 0 Å². The number of urea groups is 1. The molecule has 2 N–H and O–H groups in total. The van der Waals surface area contributed by atoms with E-state index in [1.165, 1.54) is 6.21 Å². The largest absolute Gasteiger partial charge is 0.396 e. The van der Waals surface area contributed by atoms with E-state index in [4.69, 9.17) is 4.84 Å². The summed E-state index contributed by atoms with van der Waals surface area (Å²) in [6.07, 6.45) is 2.37. The lowest BCUT2D eigenvalue weighted by atomic mass is 10.2. The topological polar surface area (TPSA) is 79.8 Å². The second-order valence-corrected chi connectivity index (χ2v) is 5.19. The number of hydrogen-bond donors (Lipinski definition) is 2. The highest BCUT2D eigenvalue weighted by Crippen LogP contribution is 2.12. The van der Waals surface area contributed by atoms with Gasteiger partial charge in [-0.25, -0.2) is 13.6 Å². The predicted molar refractivity (Wildman–Crippen MR) is 93.1 cm³/mol. The van der Waals surface area contributed by atoms with Gasteiger partial charge in [-0.2, -0.15) is 0 Å². The molecular formula is C18H17F2N3O3. The van der Waals surface area contributed by atoms with E-state index in [1.807, 2.05) is 12.2 Å². The number of nitrogens with one attached hydrogen (secondary N) is 2. The Labute approximate surface area is 148 Å². The lowest BCUT2D eigenvalue weighted by Gasteiger charge is -2.08. The zero-order valence-corrected chi connectivity index (χ0v) is 14.0. The molecule has 26 heavy (non-hydrogen) atoms. The van der Waals surface area contributed by atoms with Crippen LogP contribution in [0.4, 0.5) is 19.3 Å². The number of amides is 3. The van der Waals surface area contributed by atoms with Crippen molar-refractivity contribution in [2.45, 2.75) is 13.3 Å². The number of imide groups is 1. The Morgan fingerprint density at radius 1 is 1.12 bits per heavy atom. The third kappa shape index (κ3) is 5.37. The van der Waals surface area contributed by atoms with Gasteiger partial charge in [-0.15, -0.1) is 0 Å². The van der Waals surface area contributed by atoms with Crippen LogP contribution in [0.25, 0.3) is 0 Å². The molecule has 136 valence electrons. The molecule has 0 radical (unpaired) electrons. The lowest BCUT2D eigenvalue weighted by molar-refractivity contribution is 0.0959. The van der Waals surface area contributed by atoms with Gasteiger partial charge < -0.3 is 10.2 Å². The van der Waals surface area contributed by atoms with Crippen molar-refractivity contribution in [2.24, 2.45) is 5.16 Å². The van der Waals surface area contributed by atoms with Gasteiger partial charge in [0.05, 0.1) is 6.21 Å². The van der Waals surface area contributed by atoms with Crippen molar-refractivity contribution >= 4 is 23.8 Å². The zero-order valence-electron chi connectivity index (χ0n) is 14.0. The second kappa shape index (κ2) is 9.26. The monoisotopic (exact) mass is 361 g/mol. The first kappa shape index (κ1) is 19.0. The quantitative estimate of drug-likeness (QED) is 0.468. The molecule has 2 rings (SSSR count). The highest BCUT2D eigenvalue weighted by Gasteiger charge is 2.19. The van der Waals surface area contributed by atoms with Crippen molar-refractivity contribution in [1.29, 1.82) is 0 Å². The van der Waals surface area contributed by atoms with Crippen LogP contribution >= 0.6 is 0 Å². The first-order chi connectivity index (χ1) is 12.5. The van der Waals surface area contributed by atoms with Crippen molar-refractivity contribution in [3.8, 4) is 0 Å². The summed E-state index contributed by atoms with van der Waals surface area (Å²) in [4.78, 5) is 28.6. The molecule has 8 heteroatoms. The standard InChI is InChI=1S/C18H17F2N3O3/c1-2-10-26-21-11-12-6-8-13(9-7-12)22-18(25)23-17(24)16-14(19)4-3-5-15(16)20/h3-9,11H,2,10H2,1H3,(H2,22,23,24,25)/b21-11+. The number of carbonyl (C=O) groups excluding carboxylic acids is 2. The average Bonchev–Trinajstić information content (AvgIpc) is 2.60. The van der Waals surface area contributed by atoms with Gasteiger partial charge in [-0.1, -0.05) is 30.3 Å². The van der Waals surface area contributed by atoms with E-state index in [0.29, 0.717) is 12.3 Å². The number of oxime groups is 1. The van der Waals surface area contributed by atoms with Crippen LogP contribution in [0.5, 0.6) is 0 Å². The highest BCUT2D eigenvalue weighted by atomic mass is 19.1. The summed E-state index contributed by atoms with van der Waals surface area (Å²) in [5.74, 6) is -3.27. The Morgan fingerprint density at radius 2 is 1.77 bits per heavy atom. The van der Waals surface area contributed by atoms with Crippen LogP contribution in [0.1, 0.15) is 29.3 Å². The SMILES string of the molecule is CCCO/N=C/c1ccc(NC(=O)NC(=O)c2c(F)cccc2F)cc1. The van der Waals surface area contributed by atoms with E-state index in [-0.39, 0.29) is 0 Å². The average molecular weight is 361 g/mol. The third-order valence-corrected chi connectivity index (χ3v) is 3.16. The molecule has 2 aromatic carbocycles. The van der Waals surface area contributed by atoms with Crippen LogP contribution in [-0.2, 0) is 4.84 Å². The van der Waals surface area contributed by atoms with Crippen LogP contribution < -0.4 is 10.6 Å². The summed E-state index contributed by atoms with van der Waals surface area (Å²) in [6, 6.07) is 8.58. The molecule has 0 atom stereocenters. The van der Waals surface area contributed by atoms with Crippen LogP contribution in [0, 0.1) is 11.6 Å². The molecule has 3 amide bonds. The van der Waals surface area contributed by atoms with Crippen LogP contribution in [0.2, 0.25) is 0 Å². The summed E-state index contributed by atoms with van der Waals surface area (Å²) >= 11 is 0. The fourth-order valence-electron chi connectivity index (χ4n) is 1.94. The molecule has 0 bridgehead atoms. The summed E-state index contributed by atoms with van der Waals surface area (Å²) in [6.45, 7) is 2.49.